The minimum absolute atomic E-state index is 0.142. The molecular weight excluding hydrogens is 134 g/mol. The second-order valence-corrected chi connectivity index (χ2v) is 2.05. The molecule has 0 aromatic rings. The van der Waals surface area contributed by atoms with Crippen LogP contribution in [0.25, 0.3) is 0 Å². The van der Waals surface area contributed by atoms with E-state index < -0.39 is 4.92 Å². The molecule has 0 N–H and O–H groups in total. The maximum Gasteiger partial charge on any atom is 0.423 e. The van der Waals surface area contributed by atoms with Crippen molar-refractivity contribution in [2.45, 2.75) is 26.9 Å². The van der Waals surface area contributed by atoms with Crippen molar-refractivity contribution < 1.29 is 9.66 Å². The Kier molecular flexibility index (Phi) is 3.46. The number of ether oxygens (including phenoxy) is 1. The topological polar surface area (TPSA) is 52.4 Å². The fraction of sp³-hybridized carbons (Fsp3) is 0.667. The summed E-state index contributed by atoms with van der Waals surface area (Å²) < 4.78 is 4.82. The molecule has 0 spiro atoms. The molecule has 58 valence electrons. The van der Waals surface area contributed by atoms with Crippen LogP contribution in [0.3, 0.4) is 0 Å². The molecule has 0 aliphatic carbocycles. The third-order valence-electron chi connectivity index (χ3n) is 0.783. The lowest BCUT2D eigenvalue weighted by Crippen LogP contribution is -2.08. The minimum atomic E-state index is -0.542. The van der Waals surface area contributed by atoms with E-state index in [-0.39, 0.29) is 12.0 Å². The second-order valence-electron chi connectivity index (χ2n) is 2.05. The molecule has 0 unspecified atom stereocenters. The van der Waals surface area contributed by atoms with E-state index in [1.807, 2.05) is 0 Å². The third kappa shape index (κ3) is 3.06. The van der Waals surface area contributed by atoms with Gasteiger partial charge in [0.1, 0.15) is 4.92 Å². The molecule has 0 amide bonds. The molecule has 0 heterocycles. The van der Waals surface area contributed by atoms with Gasteiger partial charge < -0.3 is 4.74 Å². The van der Waals surface area contributed by atoms with E-state index in [2.05, 4.69) is 0 Å². The summed E-state index contributed by atoms with van der Waals surface area (Å²) in [5.74, 6) is -0.185. The molecule has 0 aliphatic rings. The smallest absolute Gasteiger partial charge is 0.423 e. The van der Waals surface area contributed by atoms with E-state index in [0.29, 0.717) is 0 Å². The molecule has 0 fully saturated rings. The molecule has 0 aromatic heterocycles. The summed E-state index contributed by atoms with van der Waals surface area (Å²) in [6.45, 7) is 5.06. The fourth-order valence-corrected chi connectivity index (χ4v) is 0.458. The summed E-state index contributed by atoms with van der Waals surface area (Å²) in [6.07, 6.45) is 1.19. The molecule has 0 aliphatic heterocycles. The quantitative estimate of drug-likeness (QED) is 0.344. The van der Waals surface area contributed by atoms with Gasteiger partial charge in [0.15, 0.2) is 0 Å². The van der Waals surface area contributed by atoms with Gasteiger partial charge in [-0.2, -0.15) is 0 Å². The van der Waals surface area contributed by atoms with Gasteiger partial charge in [-0.3, -0.25) is 10.1 Å². The summed E-state index contributed by atoms with van der Waals surface area (Å²) in [5, 5.41) is 10.1. The summed E-state index contributed by atoms with van der Waals surface area (Å²) in [5.41, 5.74) is 0. The Morgan fingerprint density at radius 1 is 1.70 bits per heavy atom. The number of rotatable bonds is 3. The zero-order chi connectivity index (χ0) is 8.15. The van der Waals surface area contributed by atoms with Crippen molar-refractivity contribution in [2.75, 3.05) is 0 Å². The number of nitro groups is 1. The van der Waals surface area contributed by atoms with Crippen molar-refractivity contribution in [2.24, 2.45) is 0 Å². The van der Waals surface area contributed by atoms with E-state index >= 15 is 0 Å². The maximum atomic E-state index is 10.1. The average Bonchev–Trinajstić information content (AvgIpc) is 1.81. The van der Waals surface area contributed by atoms with Crippen LogP contribution in [0.15, 0.2) is 12.0 Å². The van der Waals surface area contributed by atoms with Gasteiger partial charge in [0.25, 0.3) is 0 Å². The lowest BCUT2D eigenvalue weighted by molar-refractivity contribution is -0.466. The van der Waals surface area contributed by atoms with Crippen molar-refractivity contribution in [1.29, 1.82) is 0 Å². The van der Waals surface area contributed by atoms with E-state index in [1.165, 1.54) is 6.08 Å². The lowest BCUT2D eigenvalue weighted by Gasteiger charge is -2.04. The van der Waals surface area contributed by atoms with Crippen LogP contribution in [-0.2, 0) is 4.74 Å². The average molecular weight is 145 g/mol. The van der Waals surface area contributed by atoms with Gasteiger partial charge in [-0.1, -0.05) is 0 Å². The van der Waals surface area contributed by atoms with Crippen molar-refractivity contribution in [3.05, 3.63) is 22.1 Å². The number of hydrogen-bond acceptors (Lipinski definition) is 3. The highest BCUT2D eigenvalue weighted by Gasteiger charge is 2.10. The molecule has 0 saturated heterocycles. The molecule has 10 heavy (non-hydrogen) atoms. The predicted octanol–water partition coefficient (Wildman–Crippen LogP) is 1.55. The fourth-order valence-electron chi connectivity index (χ4n) is 0.458. The minimum Gasteiger partial charge on any atom is -0.438 e. The van der Waals surface area contributed by atoms with Crippen LogP contribution in [-0.4, -0.2) is 11.0 Å². The van der Waals surface area contributed by atoms with Gasteiger partial charge in [-0.25, -0.2) is 0 Å². The van der Waals surface area contributed by atoms with E-state index in [9.17, 15) is 10.1 Å². The van der Waals surface area contributed by atoms with E-state index in [4.69, 9.17) is 4.74 Å². The summed E-state index contributed by atoms with van der Waals surface area (Å²) in [6, 6.07) is 0. The first-order chi connectivity index (χ1) is 4.57. The zero-order valence-electron chi connectivity index (χ0n) is 6.33. The highest BCUT2D eigenvalue weighted by Crippen LogP contribution is 2.01. The SMILES string of the molecule is C/C=C(\OC(C)C)[N+](=O)[O-]. The zero-order valence-corrected chi connectivity index (χ0v) is 6.33. The molecular formula is C6H11NO3. The van der Waals surface area contributed by atoms with Gasteiger partial charge in [0.05, 0.1) is 6.10 Å². The third-order valence-corrected chi connectivity index (χ3v) is 0.783. The van der Waals surface area contributed by atoms with Gasteiger partial charge in [-0.15, -0.1) is 0 Å². The van der Waals surface area contributed by atoms with Crippen LogP contribution in [0.1, 0.15) is 20.8 Å². The van der Waals surface area contributed by atoms with Crippen LogP contribution >= 0.6 is 0 Å². The van der Waals surface area contributed by atoms with E-state index in [0.717, 1.165) is 0 Å². The Hall–Kier alpha value is -1.06. The predicted molar refractivity (Wildman–Crippen MR) is 37.0 cm³/mol. The maximum absolute atomic E-state index is 10.1. The highest BCUT2D eigenvalue weighted by atomic mass is 16.7. The standard InChI is InChI=1S/C6H11NO3/c1-4-6(7(8)9)10-5(2)3/h4-5H,1-3H3/b6-4-. The Morgan fingerprint density at radius 2 is 2.20 bits per heavy atom. The lowest BCUT2D eigenvalue weighted by atomic mass is 10.5. The number of nitrogens with zero attached hydrogens (tertiary/aromatic N) is 1. The van der Waals surface area contributed by atoms with Gasteiger partial charge in [0.2, 0.25) is 0 Å². The first-order valence-corrected chi connectivity index (χ1v) is 3.05. The normalized spacial score (nSPS) is 11.8. The first kappa shape index (κ1) is 8.94. The van der Waals surface area contributed by atoms with Crippen molar-refractivity contribution >= 4 is 0 Å². The van der Waals surface area contributed by atoms with E-state index in [1.54, 1.807) is 20.8 Å². The van der Waals surface area contributed by atoms with Gasteiger partial charge in [0, 0.05) is 6.08 Å². The summed E-state index contributed by atoms with van der Waals surface area (Å²) >= 11 is 0. The van der Waals surface area contributed by atoms with Crippen LogP contribution in [0.4, 0.5) is 0 Å². The molecule has 0 radical (unpaired) electrons. The summed E-state index contributed by atoms with van der Waals surface area (Å²) in [4.78, 5) is 9.54. The van der Waals surface area contributed by atoms with Gasteiger partial charge >= 0.3 is 5.88 Å². The molecule has 0 aromatic carbocycles. The molecule has 0 bridgehead atoms. The second kappa shape index (κ2) is 3.87. The van der Waals surface area contributed by atoms with Crippen molar-refractivity contribution in [3.63, 3.8) is 0 Å². The van der Waals surface area contributed by atoms with Gasteiger partial charge in [-0.05, 0) is 20.8 Å². The number of allylic oxidation sites excluding steroid dienone is 1. The molecule has 4 heteroatoms. The van der Waals surface area contributed by atoms with Crippen LogP contribution in [0.5, 0.6) is 0 Å². The Labute approximate surface area is 59.6 Å². The molecule has 4 nitrogen and oxygen atoms in total. The Balaban J connectivity index is 3.99. The largest absolute Gasteiger partial charge is 0.438 e. The monoisotopic (exact) mass is 145 g/mol. The number of hydrogen-bond donors (Lipinski definition) is 0. The summed E-state index contributed by atoms with van der Waals surface area (Å²) in [7, 11) is 0. The molecule has 0 atom stereocenters. The van der Waals surface area contributed by atoms with Crippen LogP contribution in [0.2, 0.25) is 0 Å². The molecule has 0 saturated carbocycles. The Bertz CT molecular complexity index is 151. The van der Waals surface area contributed by atoms with Crippen LogP contribution < -0.4 is 0 Å². The highest BCUT2D eigenvalue weighted by molar-refractivity contribution is 4.77. The van der Waals surface area contributed by atoms with Crippen molar-refractivity contribution in [1.82, 2.24) is 0 Å². The van der Waals surface area contributed by atoms with Crippen molar-refractivity contribution in [3.8, 4) is 0 Å². The van der Waals surface area contributed by atoms with Crippen LogP contribution in [0, 0.1) is 10.1 Å². The Morgan fingerprint density at radius 3 is 2.30 bits per heavy atom. The molecule has 0 rings (SSSR count). The first-order valence-electron chi connectivity index (χ1n) is 3.05.